The quantitative estimate of drug-likeness (QED) is 0.365. The second-order valence-electron chi connectivity index (χ2n) is 4.93. The molecule has 0 saturated carbocycles. The monoisotopic (exact) mass is 334 g/mol. The predicted octanol–water partition coefficient (Wildman–Crippen LogP) is 2.74. The SMILES string of the molecule is COc1cc(C=NNc2nc(N)cs2)ccc1OC(=O)C(C)C. The summed E-state index contributed by atoms with van der Waals surface area (Å²) in [6.45, 7) is 3.54. The van der Waals surface area contributed by atoms with Crippen LogP contribution in [0.5, 0.6) is 11.5 Å². The number of carbonyl (C=O) groups is 1. The van der Waals surface area contributed by atoms with E-state index in [-0.39, 0.29) is 11.9 Å². The number of hydrogen-bond acceptors (Lipinski definition) is 8. The van der Waals surface area contributed by atoms with Gasteiger partial charge in [-0.2, -0.15) is 5.10 Å². The number of nitrogens with two attached hydrogens (primary N) is 1. The number of aromatic nitrogens is 1. The highest BCUT2D eigenvalue weighted by Gasteiger charge is 2.13. The molecule has 0 aliphatic rings. The molecule has 0 radical (unpaired) electrons. The van der Waals surface area contributed by atoms with Gasteiger partial charge in [0.05, 0.1) is 19.2 Å². The Labute approximate surface area is 138 Å². The van der Waals surface area contributed by atoms with E-state index in [1.807, 2.05) is 0 Å². The van der Waals surface area contributed by atoms with Crippen molar-refractivity contribution in [3.63, 3.8) is 0 Å². The van der Waals surface area contributed by atoms with Crippen LogP contribution < -0.4 is 20.6 Å². The topological polar surface area (TPSA) is 98.8 Å². The molecule has 0 amide bonds. The number of benzene rings is 1. The summed E-state index contributed by atoms with van der Waals surface area (Å²) in [5.74, 6) is 0.764. The van der Waals surface area contributed by atoms with Crippen molar-refractivity contribution in [2.45, 2.75) is 13.8 Å². The summed E-state index contributed by atoms with van der Waals surface area (Å²) >= 11 is 1.36. The first kappa shape index (κ1) is 16.8. The fraction of sp³-hybridized carbons (Fsp3) is 0.267. The molecule has 0 spiro atoms. The van der Waals surface area contributed by atoms with Gasteiger partial charge in [0, 0.05) is 5.38 Å². The molecule has 23 heavy (non-hydrogen) atoms. The molecule has 2 rings (SSSR count). The highest BCUT2D eigenvalue weighted by molar-refractivity contribution is 7.14. The van der Waals surface area contributed by atoms with Crippen molar-refractivity contribution in [3.05, 3.63) is 29.1 Å². The maximum absolute atomic E-state index is 11.7. The molecule has 0 aliphatic heterocycles. The van der Waals surface area contributed by atoms with Gasteiger partial charge in [-0.3, -0.25) is 10.2 Å². The van der Waals surface area contributed by atoms with E-state index in [0.717, 1.165) is 5.56 Å². The third-order valence-corrected chi connectivity index (χ3v) is 3.53. The first-order chi connectivity index (χ1) is 11.0. The van der Waals surface area contributed by atoms with Crippen LogP contribution in [0.15, 0.2) is 28.7 Å². The third-order valence-electron chi connectivity index (χ3n) is 2.77. The average Bonchev–Trinajstić information content (AvgIpc) is 2.93. The van der Waals surface area contributed by atoms with E-state index in [9.17, 15) is 4.79 Å². The molecule has 0 fully saturated rings. The van der Waals surface area contributed by atoms with Crippen molar-refractivity contribution in [2.75, 3.05) is 18.3 Å². The number of hydrogen-bond donors (Lipinski definition) is 2. The van der Waals surface area contributed by atoms with E-state index >= 15 is 0 Å². The number of thiazole rings is 1. The van der Waals surface area contributed by atoms with Gasteiger partial charge in [0.15, 0.2) is 11.5 Å². The molecule has 0 aliphatic carbocycles. The molecular weight excluding hydrogens is 316 g/mol. The zero-order chi connectivity index (χ0) is 16.8. The van der Waals surface area contributed by atoms with Crippen molar-refractivity contribution in [1.29, 1.82) is 0 Å². The molecule has 0 atom stereocenters. The van der Waals surface area contributed by atoms with Gasteiger partial charge >= 0.3 is 5.97 Å². The Morgan fingerprint density at radius 2 is 2.22 bits per heavy atom. The number of nitrogens with zero attached hydrogens (tertiary/aromatic N) is 2. The van der Waals surface area contributed by atoms with E-state index in [1.54, 1.807) is 43.6 Å². The average molecular weight is 334 g/mol. The number of ether oxygens (including phenoxy) is 2. The molecule has 122 valence electrons. The molecule has 0 bridgehead atoms. The molecule has 0 saturated heterocycles. The maximum atomic E-state index is 11.7. The van der Waals surface area contributed by atoms with Crippen LogP contribution in [0.4, 0.5) is 10.9 Å². The van der Waals surface area contributed by atoms with Gasteiger partial charge in [-0.05, 0) is 23.8 Å². The fourth-order valence-corrected chi connectivity index (χ4v) is 2.12. The number of carbonyl (C=O) groups excluding carboxylic acids is 1. The van der Waals surface area contributed by atoms with Crippen LogP contribution in [0.3, 0.4) is 0 Å². The molecule has 1 aromatic carbocycles. The van der Waals surface area contributed by atoms with E-state index < -0.39 is 0 Å². The minimum atomic E-state index is -0.312. The normalized spacial score (nSPS) is 11.0. The first-order valence-electron chi connectivity index (χ1n) is 6.89. The number of methoxy groups -OCH3 is 1. The maximum Gasteiger partial charge on any atom is 0.313 e. The Balaban J connectivity index is 2.07. The van der Waals surface area contributed by atoms with Crippen LogP contribution in [0.1, 0.15) is 19.4 Å². The smallest absolute Gasteiger partial charge is 0.313 e. The number of rotatable bonds is 6. The second-order valence-corrected chi connectivity index (χ2v) is 5.79. The van der Waals surface area contributed by atoms with Gasteiger partial charge in [-0.15, -0.1) is 11.3 Å². The Morgan fingerprint density at radius 3 is 2.83 bits per heavy atom. The van der Waals surface area contributed by atoms with Crippen LogP contribution in [0.25, 0.3) is 0 Å². The minimum absolute atomic E-state index is 0.212. The van der Waals surface area contributed by atoms with Gasteiger partial charge in [-0.1, -0.05) is 13.8 Å². The van der Waals surface area contributed by atoms with Crippen molar-refractivity contribution in [3.8, 4) is 11.5 Å². The summed E-state index contributed by atoms with van der Waals surface area (Å²) in [7, 11) is 1.51. The molecule has 8 heteroatoms. The number of esters is 1. The lowest BCUT2D eigenvalue weighted by Crippen LogP contribution is -2.15. The Hall–Kier alpha value is -2.61. The number of hydrazone groups is 1. The number of nitrogen functional groups attached to an aromatic ring is 1. The lowest BCUT2D eigenvalue weighted by atomic mass is 10.2. The van der Waals surface area contributed by atoms with E-state index in [0.29, 0.717) is 22.4 Å². The third kappa shape index (κ3) is 4.68. The van der Waals surface area contributed by atoms with Gasteiger partial charge in [-0.25, -0.2) is 4.98 Å². The van der Waals surface area contributed by atoms with Crippen molar-refractivity contribution >= 4 is 34.5 Å². The summed E-state index contributed by atoms with van der Waals surface area (Å²) in [5.41, 5.74) is 9.09. The van der Waals surface area contributed by atoms with Gasteiger partial charge in [0.2, 0.25) is 5.13 Å². The fourth-order valence-electron chi connectivity index (χ4n) is 1.57. The molecule has 1 aromatic heterocycles. The Bertz CT molecular complexity index is 712. The Morgan fingerprint density at radius 1 is 1.43 bits per heavy atom. The zero-order valence-electron chi connectivity index (χ0n) is 13.1. The molecule has 0 unspecified atom stereocenters. The molecular formula is C15H18N4O3S. The van der Waals surface area contributed by atoms with E-state index in [1.165, 1.54) is 18.4 Å². The van der Waals surface area contributed by atoms with Crippen LogP contribution in [-0.2, 0) is 4.79 Å². The highest BCUT2D eigenvalue weighted by Crippen LogP contribution is 2.28. The zero-order valence-corrected chi connectivity index (χ0v) is 13.9. The molecule has 3 N–H and O–H groups in total. The van der Waals surface area contributed by atoms with Crippen LogP contribution in [0.2, 0.25) is 0 Å². The summed E-state index contributed by atoms with van der Waals surface area (Å²) in [5, 5.41) is 6.40. The molecule has 2 aromatic rings. The highest BCUT2D eigenvalue weighted by atomic mass is 32.1. The van der Waals surface area contributed by atoms with Crippen molar-refractivity contribution < 1.29 is 14.3 Å². The first-order valence-corrected chi connectivity index (χ1v) is 7.77. The number of anilines is 2. The van der Waals surface area contributed by atoms with Gasteiger partial charge in [0.1, 0.15) is 5.82 Å². The summed E-state index contributed by atoms with van der Waals surface area (Å²) in [4.78, 5) is 15.7. The number of nitrogens with one attached hydrogen (secondary N) is 1. The lowest BCUT2D eigenvalue weighted by Gasteiger charge is -2.11. The van der Waals surface area contributed by atoms with Crippen molar-refractivity contribution in [1.82, 2.24) is 4.98 Å². The van der Waals surface area contributed by atoms with Crippen LogP contribution >= 0.6 is 11.3 Å². The van der Waals surface area contributed by atoms with E-state index in [2.05, 4.69) is 15.5 Å². The lowest BCUT2D eigenvalue weighted by molar-refractivity contribution is -0.137. The standard InChI is InChI=1S/C15H18N4O3S/c1-9(2)14(20)22-11-5-4-10(6-12(11)21-3)7-17-19-15-18-13(16)8-23-15/h4-9H,16H2,1-3H3,(H,18,19). The minimum Gasteiger partial charge on any atom is -0.493 e. The molecule has 7 nitrogen and oxygen atoms in total. The van der Waals surface area contributed by atoms with E-state index in [4.69, 9.17) is 15.2 Å². The summed E-state index contributed by atoms with van der Waals surface area (Å²) in [6.07, 6.45) is 1.61. The Kier molecular flexibility index (Phi) is 5.53. The predicted molar refractivity (Wildman–Crippen MR) is 91.2 cm³/mol. The van der Waals surface area contributed by atoms with Gasteiger partial charge in [0.25, 0.3) is 0 Å². The van der Waals surface area contributed by atoms with Gasteiger partial charge < -0.3 is 15.2 Å². The van der Waals surface area contributed by atoms with Crippen LogP contribution in [0, 0.1) is 5.92 Å². The van der Waals surface area contributed by atoms with Crippen molar-refractivity contribution in [2.24, 2.45) is 11.0 Å². The molecule has 1 heterocycles. The second kappa shape index (κ2) is 7.59. The summed E-state index contributed by atoms with van der Waals surface area (Å²) in [6, 6.07) is 5.17. The largest absolute Gasteiger partial charge is 0.493 e. The van der Waals surface area contributed by atoms with Crippen LogP contribution in [-0.4, -0.2) is 24.3 Å². The summed E-state index contributed by atoms with van der Waals surface area (Å²) < 4.78 is 10.5.